The summed E-state index contributed by atoms with van der Waals surface area (Å²) in [5, 5.41) is 12.0. The van der Waals surface area contributed by atoms with E-state index in [0.717, 1.165) is 11.3 Å². The van der Waals surface area contributed by atoms with Crippen LogP contribution in [0.1, 0.15) is 19.4 Å². The molecular formula is C16H20N4O2. The van der Waals surface area contributed by atoms with E-state index in [4.69, 9.17) is 15.9 Å². The number of nitrogen functional groups attached to an aromatic ring is 1. The van der Waals surface area contributed by atoms with Crippen LogP contribution in [0.25, 0.3) is 11.3 Å². The lowest BCUT2D eigenvalue weighted by atomic mass is 10.1. The molecule has 0 unspecified atom stereocenters. The minimum Gasteiger partial charge on any atom is -0.497 e. The molecule has 1 aromatic heterocycles. The van der Waals surface area contributed by atoms with Gasteiger partial charge in [-0.15, -0.1) is 0 Å². The van der Waals surface area contributed by atoms with Crippen LogP contribution >= 0.6 is 0 Å². The van der Waals surface area contributed by atoms with Gasteiger partial charge in [-0.1, -0.05) is 13.8 Å². The van der Waals surface area contributed by atoms with Gasteiger partial charge in [-0.2, -0.15) is 5.10 Å². The van der Waals surface area contributed by atoms with Gasteiger partial charge >= 0.3 is 0 Å². The maximum atomic E-state index is 12.3. The molecule has 2 rings (SSSR count). The van der Waals surface area contributed by atoms with Crippen LogP contribution in [0.2, 0.25) is 0 Å². The summed E-state index contributed by atoms with van der Waals surface area (Å²) in [4.78, 5) is 12.3. The van der Waals surface area contributed by atoms with Crippen molar-refractivity contribution < 1.29 is 4.74 Å². The number of methoxy groups -OCH3 is 1. The van der Waals surface area contributed by atoms with Gasteiger partial charge in [0.2, 0.25) is 0 Å². The number of aromatic nitrogens is 2. The predicted molar refractivity (Wildman–Crippen MR) is 86.3 cm³/mol. The van der Waals surface area contributed by atoms with Crippen molar-refractivity contribution in [2.45, 2.75) is 20.4 Å². The largest absolute Gasteiger partial charge is 0.497 e. The third-order valence-corrected chi connectivity index (χ3v) is 3.19. The Balaban J connectivity index is 2.57. The number of nitrogens with zero attached hydrogens (tertiary/aromatic N) is 2. The molecule has 0 radical (unpaired) electrons. The smallest absolute Gasteiger partial charge is 0.277 e. The second kappa shape index (κ2) is 6.43. The van der Waals surface area contributed by atoms with E-state index in [0.29, 0.717) is 12.2 Å². The molecule has 0 atom stereocenters. The third-order valence-electron chi connectivity index (χ3n) is 3.19. The lowest BCUT2D eigenvalue weighted by Gasteiger charge is -2.12. The maximum absolute atomic E-state index is 12.3. The Morgan fingerprint density at radius 1 is 1.36 bits per heavy atom. The standard InChI is InChI=1S/C16H20N4O2/c1-10(2)9-20-16(21)13(15(17)18)8-14(19-20)11-4-6-12(22-3)7-5-11/h4-8,10H,9H2,1-3H3,(H3,17,18). The van der Waals surface area contributed by atoms with Crippen LogP contribution in [0, 0.1) is 11.3 Å². The van der Waals surface area contributed by atoms with Gasteiger partial charge in [-0.3, -0.25) is 10.2 Å². The highest BCUT2D eigenvalue weighted by Crippen LogP contribution is 2.20. The number of ether oxygens (including phenoxy) is 1. The van der Waals surface area contributed by atoms with E-state index in [9.17, 15) is 4.79 Å². The Labute approximate surface area is 129 Å². The average Bonchev–Trinajstić information content (AvgIpc) is 2.48. The zero-order chi connectivity index (χ0) is 16.3. The van der Waals surface area contributed by atoms with E-state index < -0.39 is 0 Å². The van der Waals surface area contributed by atoms with Gasteiger partial charge in [-0.05, 0) is 36.2 Å². The number of nitrogens with one attached hydrogen (secondary N) is 1. The number of amidine groups is 1. The molecule has 0 aliphatic heterocycles. The molecule has 1 heterocycles. The van der Waals surface area contributed by atoms with Crippen molar-refractivity contribution in [3.8, 4) is 17.0 Å². The Kier molecular flexibility index (Phi) is 4.60. The summed E-state index contributed by atoms with van der Waals surface area (Å²) < 4.78 is 6.51. The van der Waals surface area contributed by atoms with Crippen molar-refractivity contribution in [3.63, 3.8) is 0 Å². The van der Waals surface area contributed by atoms with Crippen molar-refractivity contribution >= 4 is 5.84 Å². The summed E-state index contributed by atoms with van der Waals surface area (Å²) in [7, 11) is 1.60. The zero-order valence-corrected chi connectivity index (χ0v) is 13.0. The number of nitrogens with two attached hydrogens (primary N) is 1. The van der Waals surface area contributed by atoms with Gasteiger partial charge in [0.25, 0.3) is 5.56 Å². The molecule has 22 heavy (non-hydrogen) atoms. The molecule has 6 heteroatoms. The van der Waals surface area contributed by atoms with E-state index >= 15 is 0 Å². The highest BCUT2D eigenvalue weighted by molar-refractivity contribution is 5.95. The second-order valence-electron chi connectivity index (χ2n) is 5.47. The van der Waals surface area contributed by atoms with Crippen LogP contribution in [-0.4, -0.2) is 22.7 Å². The van der Waals surface area contributed by atoms with Crippen molar-refractivity contribution in [2.24, 2.45) is 11.7 Å². The summed E-state index contributed by atoms with van der Waals surface area (Å²) in [5.41, 5.74) is 6.80. The van der Waals surface area contributed by atoms with Crippen molar-refractivity contribution in [1.82, 2.24) is 9.78 Å². The lowest BCUT2D eigenvalue weighted by molar-refractivity contribution is 0.415. The summed E-state index contributed by atoms with van der Waals surface area (Å²) in [6.45, 7) is 4.48. The molecule has 116 valence electrons. The van der Waals surface area contributed by atoms with E-state index in [1.54, 1.807) is 13.2 Å². The second-order valence-corrected chi connectivity index (χ2v) is 5.47. The predicted octanol–water partition coefficient (Wildman–Crippen LogP) is 1.86. The highest BCUT2D eigenvalue weighted by Gasteiger charge is 2.13. The molecule has 2 aromatic rings. The van der Waals surface area contributed by atoms with E-state index in [1.165, 1.54) is 4.68 Å². The van der Waals surface area contributed by atoms with E-state index in [-0.39, 0.29) is 22.9 Å². The van der Waals surface area contributed by atoms with Crippen LogP contribution in [0.15, 0.2) is 35.1 Å². The molecule has 0 bridgehead atoms. The normalized spacial score (nSPS) is 10.7. The van der Waals surface area contributed by atoms with Gasteiger partial charge in [0.05, 0.1) is 18.4 Å². The SMILES string of the molecule is COc1ccc(-c2cc(C(=N)N)c(=O)n(CC(C)C)n2)cc1. The molecule has 0 aliphatic rings. The molecule has 0 fully saturated rings. The summed E-state index contributed by atoms with van der Waals surface area (Å²) in [5.74, 6) is 0.752. The fourth-order valence-corrected chi connectivity index (χ4v) is 2.11. The van der Waals surface area contributed by atoms with Gasteiger partial charge in [0.1, 0.15) is 11.6 Å². The van der Waals surface area contributed by atoms with Crippen molar-refractivity contribution in [2.75, 3.05) is 7.11 Å². The summed E-state index contributed by atoms with van der Waals surface area (Å²) in [6.07, 6.45) is 0. The van der Waals surface area contributed by atoms with Crippen LogP contribution in [0.3, 0.4) is 0 Å². The Hall–Kier alpha value is -2.63. The van der Waals surface area contributed by atoms with Crippen molar-refractivity contribution in [1.29, 1.82) is 5.41 Å². The van der Waals surface area contributed by atoms with E-state index in [2.05, 4.69) is 5.10 Å². The van der Waals surface area contributed by atoms with Gasteiger partial charge in [0.15, 0.2) is 0 Å². The first-order chi connectivity index (χ1) is 10.4. The summed E-state index contributed by atoms with van der Waals surface area (Å²) >= 11 is 0. The van der Waals surface area contributed by atoms with Crippen LogP contribution in [0.5, 0.6) is 5.75 Å². The minimum atomic E-state index is -0.335. The molecule has 3 N–H and O–H groups in total. The Morgan fingerprint density at radius 3 is 2.50 bits per heavy atom. The molecule has 0 saturated carbocycles. The monoisotopic (exact) mass is 300 g/mol. The van der Waals surface area contributed by atoms with Crippen molar-refractivity contribution in [3.05, 3.63) is 46.2 Å². The first kappa shape index (κ1) is 15.8. The molecular weight excluding hydrogens is 280 g/mol. The molecule has 6 nitrogen and oxygen atoms in total. The van der Waals surface area contributed by atoms with E-state index in [1.807, 2.05) is 38.1 Å². The molecule has 0 amide bonds. The Morgan fingerprint density at radius 2 is 2.00 bits per heavy atom. The zero-order valence-electron chi connectivity index (χ0n) is 13.0. The molecule has 1 aromatic carbocycles. The topological polar surface area (TPSA) is 94.0 Å². The van der Waals surface area contributed by atoms with Gasteiger partial charge in [0, 0.05) is 12.1 Å². The molecule has 0 saturated heterocycles. The maximum Gasteiger partial charge on any atom is 0.277 e. The quantitative estimate of drug-likeness (QED) is 0.651. The third kappa shape index (κ3) is 3.33. The van der Waals surface area contributed by atoms with Crippen LogP contribution in [-0.2, 0) is 6.54 Å². The first-order valence-corrected chi connectivity index (χ1v) is 7.03. The fourth-order valence-electron chi connectivity index (χ4n) is 2.11. The minimum absolute atomic E-state index is 0.168. The Bertz CT molecular complexity index is 733. The van der Waals surface area contributed by atoms with Gasteiger partial charge in [-0.25, -0.2) is 4.68 Å². The van der Waals surface area contributed by atoms with Crippen LogP contribution < -0.4 is 16.0 Å². The fraction of sp³-hybridized carbons (Fsp3) is 0.312. The lowest BCUT2D eigenvalue weighted by Crippen LogP contribution is -2.32. The van der Waals surface area contributed by atoms with Crippen LogP contribution in [0.4, 0.5) is 0 Å². The first-order valence-electron chi connectivity index (χ1n) is 7.03. The highest BCUT2D eigenvalue weighted by atomic mass is 16.5. The number of benzene rings is 1. The molecule has 0 spiro atoms. The summed E-state index contributed by atoms with van der Waals surface area (Å²) in [6, 6.07) is 8.92. The number of rotatable bonds is 5. The van der Waals surface area contributed by atoms with Gasteiger partial charge < -0.3 is 10.5 Å². The molecule has 0 aliphatic carbocycles. The number of hydrogen-bond acceptors (Lipinski definition) is 4. The number of hydrogen-bond donors (Lipinski definition) is 2. The average molecular weight is 300 g/mol.